The third-order valence-electron chi connectivity index (χ3n) is 13.3. The molecule has 0 fully saturated rings. The molecule has 0 saturated heterocycles. The van der Waals surface area contributed by atoms with E-state index < -0.39 is 18.2 Å². The predicted octanol–water partition coefficient (Wildman–Crippen LogP) is 17.6. The Kier molecular flexibility index (Phi) is 51.5. The Hall–Kier alpha value is -1.92. The van der Waals surface area contributed by atoms with Crippen LogP contribution in [-0.4, -0.2) is 46.9 Å². The Labute approximate surface area is 404 Å². The van der Waals surface area contributed by atoms with Crippen LogP contribution < -0.4 is 5.32 Å². The van der Waals surface area contributed by atoms with E-state index in [1.165, 1.54) is 186 Å². The van der Waals surface area contributed by atoms with E-state index in [0.717, 1.165) is 70.6 Å². The number of amides is 1. The lowest BCUT2D eigenvalue weighted by molar-refractivity contribution is -0.151. The first-order valence-corrected chi connectivity index (χ1v) is 28.7. The van der Waals surface area contributed by atoms with Gasteiger partial charge < -0.3 is 20.3 Å². The largest absolute Gasteiger partial charge is 0.462 e. The molecule has 3 unspecified atom stereocenters. The molecule has 1 amide bonds. The van der Waals surface area contributed by atoms with Crippen molar-refractivity contribution < 1.29 is 24.5 Å². The summed E-state index contributed by atoms with van der Waals surface area (Å²) >= 11 is 0. The third kappa shape index (κ3) is 48.3. The summed E-state index contributed by atoms with van der Waals surface area (Å²) in [5.74, 6) is -0.492. The molecule has 0 spiro atoms. The van der Waals surface area contributed by atoms with Crippen molar-refractivity contribution in [3.8, 4) is 0 Å². The Morgan fingerprint density at radius 3 is 1.18 bits per heavy atom. The van der Waals surface area contributed by atoms with Gasteiger partial charge in [0.25, 0.3) is 0 Å². The quantitative estimate of drug-likeness (QED) is 0.0321. The van der Waals surface area contributed by atoms with E-state index >= 15 is 0 Å². The first-order valence-electron chi connectivity index (χ1n) is 28.7. The SMILES string of the molecule is CCCCCCC/C=C/C=C/C=C/CCCCCC(CC(=O)NC(CO)C(O)CCCCCCCCCCCCCCCCCCC)OC(=O)CCCCCCCCCCCCCCC. The molecule has 0 radical (unpaired) electrons. The van der Waals surface area contributed by atoms with E-state index in [1.807, 2.05) is 0 Å². The van der Waals surface area contributed by atoms with Gasteiger partial charge >= 0.3 is 5.97 Å². The maximum atomic E-state index is 13.3. The molecule has 0 aliphatic rings. The number of aliphatic hydroxyl groups excluding tert-OH is 2. The predicted molar refractivity (Wildman–Crippen MR) is 282 cm³/mol. The van der Waals surface area contributed by atoms with Gasteiger partial charge in [-0.15, -0.1) is 0 Å². The molecule has 0 aromatic rings. The van der Waals surface area contributed by atoms with Gasteiger partial charge in [-0.3, -0.25) is 9.59 Å². The standard InChI is InChI=1S/C59H111NO5/c1-4-7-10-13-16-19-22-25-27-29-31-34-36-39-42-45-48-51-57(62)56(54-61)60-58(63)53-55(50-47-44-41-38-35-33-30-28-26-23-20-17-14-11-8-5-2)65-59(64)52-49-46-43-40-37-32-24-21-18-15-12-9-6-3/h23,26,28,30,33,35,55-57,61-62H,4-22,24-25,27,29,31-32,34,36-54H2,1-3H3,(H,60,63)/b26-23+,30-28+,35-33+. The van der Waals surface area contributed by atoms with Crippen molar-refractivity contribution in [2.24, 2.45) is 0 Å². The molecule has 6 nitrogen and oxygen atoms in total. The highest BCUT2D eigenvalue weighted by Crippen LogP contribution is 2.18. The lowest BCUT2D eigenvalue weighted by Crippen LogP contribution is -2.46. The van der Waals surface area contributed by atoms with Crippen LogP contribution in [0.5, 0.6) is 0 Å². The zero-order chi connectivity index (χ0) is 47.4. The van der Waals surface area contributed by atoms with Crippen molar-refractivity contribution in [2.75, 3.05) is 6.61 Å². The minimum absolute atomic E-state index is 0.0592. The highest BCUT2D eigenvalue weighted by Gasteiger charge is 2.24. The molecule has 0 aliphatic heterocycles. The van der Waals surface area contributed by atoms with Crippen LogP contribution in [0.25, 0.3) is 0 Å². The number of esters is 1. The maximum Gasteiger partial charge on any atom is 0.306 e. The summed E-state index contributed by atoms with van der Waals surface area (Å²) in [5.41, 5.74) is 0. The number of carbonyl (C=O) groups excluding carboxylic acids is 2. The van der Waals surface area contributed by atoms with Crippen LogP contribution in [-0.2, 0) is 14.3 Å². The summed E-state index contributed by atoms with van der Waals surface area (Å²) < 4.78 is 5.94. The molecule has 0 aromatic heterocycles. The van der Waals surface area contributed by atoms with Crippen molar-refractivity contribution in [3.63, 3.8) is 0 Å². The van der Waals surface area contributed by atoms with Gasteiger partial charge in [-0.05, 0) is 51.4 Å². The monoisotopic (exact) mass is 914 g/mol. The van der Waals surface area contributed by atoms with E-state index in [9.17, 15) is 19.8 Å². The van der Waals surface area contributed by atoms with Gasteiger partial charge in [-0.1, -0.05) is 276 Å². The summed E-state index contributed by atoms with van der Waals surface area (Å²) in [6.45, 7) is 6.49. The molecule has 6 heteroatoms. The number of nitrogens with one attached hydrogen (secondary N) is 1. The molecule has 3 N–H and O–H groups in total. The zero-order valence-corrected chi connectivity index (χ0v) is 43.6. The number of allylic oxidation sites excluding steroid dienone is 6. The summed E-state index contributed by atoms with van der Waals surface area (Å²) in [7, 11) is 0. The van der Waals surface area contributed by atoms with Crippen molar-refractivity contribution in [1.82, 2.24) is 5.32 Å². The number of rotatable bonds is 52. The second kappa shape index (κ2) is 53.0. The average molecular weight is 915 g/mol. The number of ether oxygens (including phenoxy) is 1. The Balaban J connectivity index is 4.57. The van der Waals surface area contributed by atoms with Gasteiger partial charge in [-0.2, -0.15) is 0 Å². The van der Waals surface area contributed by atoms with Crippen LogP contribution in [0.3, 0.4) is 0 Å². The number of unbranched alkanes of at least 4 members (excludes halogenated alkanes) is 36. The van der Waals surface area contributed by atoms with Gasteiger partial charge in [0.15, 0.2) is 0 Å². The average Bonchev–Trinajstić information content (AvgIpc) is 3.30. The zero-order valence-electron chi connectivity index (χ0n) is 43.6. The topological polar surface area (TPSA) is 95.9 Å². The van der Waals surface area contributed by atoms with Crippen LogP contribution in [0.15, 0.2) is 36.5 Å². The molecule has 65 heavy (non-hydrogen) atoms. The number of hydrogen-bond donors (Lipinski definition) is 3. The molecule has 382 valence electrons. The minimum Gasteiger partial charge on any atom is -0.462 e. The van der Waals surface area contributed by atoms with E-state index in [4.69, 9.17) is 4.74 Å². The fourth-order valence-corrected chi connectivity index (χ4v) is 8.90. The van der Waals surface area contributed by atoms with Crippen molar-refractivity contribution in [2.45, 2.75) is 322 Å². The van der Waals surface area contributed by atoms with Crippen LogP contribution in [0.2, 0.25) is 0 Å². The summed E-state index contributed by atoms with van der Waals surface area (Å²) in [4.78, 5) is 26.2. The van der Waals surface area contributed by atoms with Crippen LogP contribution in [0.4, 0.5) is 0 Å². The second-order valence-electron chi connectivity index (χ2n) is 19.8. The summed E-state index contributed by atoms with van der Waals surface area (Å²) in [6, 6.07) is -0.711. The van der Waals surface area contributed by atoms with Crippen molar-refractivity contribution in [1.29, 1.82) is 0 Å². The van der Waals surface area contributed by atoms with E-state index in [0.29, 0.717) is 19.3 Å². The van der Waals surface area contributed by atoms with Gasteiger partial charge in [0, 0.05) is 6.42 Å². The lowest BCUT2D eigenvalue weighted by Gasteiger charge is -2.24. The number of hydrogen-bond acceptors (Lipinski definition) is 5. The fourth-order valence-electron chi connectivity index (χ4n) is 8.90. The maximum absolute atomic E-state index is 13.3. The first kappa shape index (κ1) is 63.1. The Bertz CT molecular complexity index is 1070. The Morgan fingerprint density at radius 1 is 0.446 bits per heavy atom. The van der Waals surface area contributed by atoms with Gasteiger partial charge in [-0.25, -0.2) is 0 Å². The van der Waals surface area contributed by atoms with Crippen molar-refractivity contribution in [3.05, 3.63) is 36.5 Å². The summed E-state index contributed by atoms with van der Waals surface area (Å²) in [5, 5.41) is 23.9. The molecule has 0 heterocycles. The molecule has 0 bridgehead atoms. The van der Waals surface area contributed by atoms with Gasteiger partial charge in [0.05, 0.1) is 25.2 Å². The lowest BCUT2D eigenvalue weighted by atomic mass is 10.0. The molecule has 3 atom stereocenters. The van der Waals surface area contributed by atoms with E-state index in [1.54, 1.807) is 0 Å². The van der Waals surface area contributed by atoms with E-state index in [-0.39, 0.29) is 24.9 Å². The summed E-state index contributed by atoms with van der Waals surface area (Å²) in [6.07, 6.45) is 63.5. The first-order chi connectivity index (χ1) is 32.0. The van der Waals surface area contributed by atoms with Crippen LogP contribution in [0.1, 0.15) is 303 Å². The molecular formula is C59H111NO5. The Morgan fingerprint density at radius 2 is 0.785 bits per heavy atom. The minimum atomic E-state index is -0.795. The molecule has 0 saturated carbocycles. The highest BCUT2D eigenvalue weighted by atomic mass is 16.5. The third-order valence-corrected chi connectivity index (χ3v) is 13.3. The van der Waals surface area contributed by atoms with Crippen LogP contribution >= 0.6 is 0 Å². The molecule has 0 aromatic carbocycles. The fraction of sp³-hybridized carbons (Fsp3) is 0.864. The number of carbonyl (C=O) groups is 2. The molecule has 0 aliphatic carbocycles. The molecule has 0 rings (SSSR count). The van der Waals surface area contributed by atoms with Crippen molar-refractivity contribution >= 4 is 11.9 Å². The highest BCUT2D eigenvalue weighted by molar-refractivity contribution is 5.77. The van der Waals surface area contributed by atoms with Gasteiger partial charge in [0.2, 0.25) is 5.91 Å². The second-order valence-corrected chi connectivity index (χ2v) is 19.8. The molecular weight excluding hydrogens is 803 g/mol. The normalized spacial score (nSPS) is 13.4. The van der Waals surface area contributed by atoms with E-state index in [2.05, 4.69) is 62.5 Å². The number of aliphatic hydroxyl groups is 2. The van der Waals surface area contributed by atoms with Crippen LogP contribution in [0, 0.1) is 0 Å². The smallest absolute Gasteiger partial charge is 0.306 e. The van der Waals surface area contributed by atoms with Gasteiger partial charge in [0.1, 0.15) is 6.10 Å².